The molecule has 1 fully saturated rings. The van der Waals surface area contributed by atoms with Crippen molar-refractivity contribution in [3.05, 3.63) is 124 Å². The molecule has 7 aromatic rings. The quantitative estimate of drug-likeness (QED) is 0.204. The highest BCUT2D eigenvalue weighted by Crippen LogP contribution is 2.35. The number of aryl methyl sites for hydroxylation is 1. The molecule has 0 unspecified atom stereocenters. The number of carbonyl (C=O) groups is 1. The standard InChI is InChI=1S/C39H34F2N10O2/c1-48-36-30(38(53)51(48)33-4-2-3-12-42-33)21-44-39(47-36)45-26-7-9-27(10-8-26)50-16-14-49(15-17-50)22-24-6-5-23(18-31(24)41)35-28-11-13-43-37(52)29-19-25(40)20-32(46-35)34(28)29/h2-10,12,18-21,46H,11,13-17,22H2,1H3,(H,43,52)(H,44,45,47). The first kappa shape index (κ1) is 32.5. The molecular formula is C39H34F2N10O2. The number of nitrogens with zero attached hydrogens (tertiary/aromatic N) is 7. The van der Waals surface area contributed by atoms with Gasteiger partial charge in [-0.15, -0.1) is 0 Å². The topological polar surface area (TPSA) is 129 Å². The van der Waals surface area contributed by atoms with Crippen LogP contribution in [0.5, 0.6) is 0 Å². The van der Waals surface area contributed by atoms with Gasteiger partial charge in [0.1, 0.15) is 17.0 Å². The van der Waals surface area contributed by atoms with Crippen LogP contribution < -0.4 is 21.1 Å². The van der Waals surface area contributed by atoms with E-state index in [1.807, 2.05) is 42.5 Å². The molecule has 2 aliphatic rings. The monoisotopic (exact) mass is 712 g/mol. The number of fused-ring (bicyclic) bond motifs is 1. The van der Waals surface area contributed by atoms with Crippen LogP contribution in [0.4, 0.5) is 26.1 Å². The molecule has 0 saturated carbocycles. The average Bonchev–Trinajstić information content (AvgIpc) is 3.59. The number of piperazine rings is 1. The predicted octanol–water partition coefficient (Wildman–Crippen LogP) is 5.29. The molecule has 3 N–H and O–H groups in total. The number of aromatic nitrogens is 6. The first-order valence-corrected chi connectivity index (χ1v) is 17.4. The van der Waals surface area contributed by atoms with Crippen LogP contribution in [-0.4, -0.2) is 72.8 Å². The normalized spacial score (nSPS) is 14.8. The van der Waals surface area contributed by atoms with Gasteiger partial charge < -0.3 is 20.5 Å². The molecule has 266 valence electrons. The number of pyridine rings is 1. The Morgan fingerprint density at radius 1 is 0.925 bits per heavy atom. The summed E-state index contributed by atoms with van der Waals surface area (Å²) in [5.74, 6) is -0.228. The molecule has 12 nitrogen and oxygen atoms in total. The molecule has 53 heavy (non-hydrogen) atoms. The Kier molecular flexibility index (Phi) is 7.95. The molecule has 14 heteroatoms. The summed E-state index contributed by atoms with van der Waals surface area (Å²) < 4.78 is 33.1. The third-order valence-corrected chi connectivity index (χ3v) is 10.1. The third kappa shape index (κ3) is 5.86. The van der Waals surface area contributed by atoms with Gasteiger partial charge in [0.05, 0.1) is 5.56 Å². The number of aromatic amines is 1. The van der Waals surface area contributed by atoms with Crippen molar-refractivity contribution in [2.24, 2.45) is 7.05 Å². The summed E-state index contributed by atoms with van der Waals surface area (Å²) in [7, 11) is 1.77. The van der Waals surface area contributed by atoms with E-state index in [9.17, 15) is 14.0 Å². The Morgan fingerprint density at radius 2 is 1.75 bits per heavy atom. The molecule has 0 aliphatic carbocycles. The van der Waals surface area contributed by atoms with Crippen LogP contribution in [0.1, 0.15) is 21.5 Å². The first-order chi connectivity index (χ1) is 25.8. The Bertz CT molecular complexity index is 2590. The molecule has 6 heterocycles. The fraction of sp³-hybridized carbons (Fsp3) is 0.205. The van der Waals surface area contributed by atoms with Crippen molar-refractivity contribution in [1.82, 2.24) is 39.5 Å². The molecule has 4 aromatic heterocycles. The Hall–Kier alpha value is -6.41. The predicted molar refractivity (Wildman–Crippen MR) is 199 cm³/mol. The highest BCUT2D eigenvalue weighted by atomic mass is 19.1. The van der Waals surface area contributed by atoms with Gasteiger partial charge in [-0.25, -0.2) is 18.7 Å². The number of anilines is 3. The second kappa shape index (κ2) is 13.0. The van der Waals surface area contributed by atoms with Crippen molar-refractivity contribution in [1.29, 1.82) is 0 Å². The summed E-state index contributed by atoms with van der Waals surface area (Å²) in [5.41, 5.74) is 5.84. The average molecular weight is 713 g/mol. The number of carbonyl (C=O) groups excluding carboxylic acids is 1. The number of hydrogen-bond donors (Lipinski definition) is 3. The SMILES string of the molecule is Cn1c2nc(Nc3ccc(N4CCN(Cc5ccc(-c6[nH]c7cc(F)cc8c7c6CCNC8=O)cc5F)CC4)cc3)ncc2c(=O)n1-c1ccccn1. The summed E-state index contributed by atoms with van der Waals surface area (Å²) in [5, 5.41) is 7.16. The van der Waals surface area contributed by atoms with Gasteiger partial charge >= 0.3 is 0 Å². The van der Waals surface area contributed by atoms with Crippen molar-refractivity contribution in [3.8, 4) is 17.1 Å². The molecule has 0 bridgehead atoms. The van der Waals surface area contributed by atoms with Crippen LogP contribution >= 0.6 is 0 Å². The number of halogens is 2. The minimum atomic E-state index is -0.496. The number of hydrogen-bond acceptors (Lipinski definition) is 8. The molecule has 1 amide bonds. The van der Waals surface area contributed by atoms with Gasteiger partial charge in [0.15, 0.2) is 11.5 Å². The maximum atomic E-state index is 15.6. The van der Waals surface area contributed by atoms with E-state index in [0.717, 1.165) is 43.1 Å². The summed E-state index contributed by atoms with van der Waals surface area (Å²) in [4.78, 5) is 46.7. The van der Waals surface area contributed by atoms with Gasteiger partial charge in [-0.3, -0.25) is 19.2 Å². The van der Waals surface area contributed by atoms with Gasteiger partial charge in [0.2, 0.25) is 5.95 Å². The van der Waals surface area contributed by atoms with E-state index in [0.29, 0.717) is 75.6 Å². The van der Waals surface area contributed by atoms with Crippen molar-refractivity contribution in [3.63, 3.8) is 0 Å². The number of H-pyrrole nitrogens is 1. The Balaban J connectivity index is 0.844. The number of benzene rings is 3. The Morgan fingerprint density at radius 3 is 2.53 bits per heavy atom. The fourth-order valence-corrected chi connectivity index (χ4v) is 7.47. The third-order valence-electron chi connectivity index (χ3n) is 10.1. The molecule has 1 saturated heterocycles. The highest BCUT2D eigenvalue weighted by molar-refractivity contribution is 6.10. The maximum Gasteiger partial charge on any atom is 0.283 e. The van der Waals surface area contributed by atoms with E-state index in [-0.39, 0.29) is 17.3 Å². The van der Waals surface area contributed by atoms with Gasteiger partial charge in [-0.2, -0.15) is 9.67 Å². The zero-order valence-corrected chi connectivity index (χ0v) is 28.7. The van der Waals surface area contributed by atoms with E-state index < -0.39 is 5.82 Å². The van der Waals surface area contributed by atoms with E-state index in [1.54, 1.807) is 30.1 Å². The summed E-state index contributed by atoms with van der Waals surface area (Å²) in [6, 6.07) is 21.3. The lowest BCUT2D eigenvalue weighted by molar-refractivity contribution is 0.0956. The zero-order valence-electron chi connectivity index (χ0n) is 28.7. The molecule has 2 aliphatic heterocycles. The second-order valence-electron chi connectivity index (χ2n) is 13.4. The van der Waals surface area contributed by atoms with Gasteiger partial charge in [-0.1, -0.05) is 18.2 Å². The van der Waals surface area contributed by atoms with Crippen LogP contribution in [-0.2, 0) is 20.0 Å². The smallest absolute Gasteiger partial charge is 0.283 e. The second-order valence-corrected chi connectivity index (χ2v) is 13.4. The number of nitrogens with one attached hydrogen (secondary N) is 3. The molecule has 9 rings (SSSR count). The minimum absolute atomic E-state index is 0.238. The van der Waals surface area contributed by atoms with Crippen LogP contribution in [0.25, 0.3) is 39.0 Å². The summed E-state index contributed by atoms with van der Waals surface area (Å²) >= 11 is 0. The van der Waals surface area contributed by atoms with Crippen LogP contribution in [0.2, 0.25) is 0 Å². The van der Waals surface area contributed by atoms with E-state index in [2.05, 4.69) is 40.4 Å². The van der Waals surface area contributed by atoms with Crippen molar-refractivity contribution < 1.29 is 13.6 Å². The van der Waals surface area contributed by atoms with Crippen molar-refractivity contribution >= 4 is 45.2 Å². The largest absolute Gasteiger partial charge is 0.369 e. The minimum Gasteiger partial charge on any atom is -0.369 e. The first-order valence-electron chi connectivity index (χ1n) is 17.4. The summed E-state index contributed by atoms with van der Waals surface area (Å²) in [6.07, 6.45) is 3.72. The zero-order chi connectivity index (χ0) is 36.2. The fourth-order valence-electron chi connectivity index (χ4n) is 7.47. The molecule has 0 spiro atoms. The number of amides is 1. The maximum absolute atomic E-state index is 15.6. The van der Waals surface area contributed by atoms with E-state index >= 15 is 4.39 Å². The molecule has 0 atom stereocenters. The van der Waals surface area contributed by atoms with Gasteiger partial charge in [0.25, 0.3) is 11.5 Å². The lowest BCUT2D eigenvalue weighted by Gasteiger charge is -2.36. The van der Waals surface area contributed by atoms with Gasteiger partial charge in [0, 0.05) is 97.8 Å². The highest BCUT2D eigenvalue weighted by Gasteiger charge is 2.25. The summed E-state index contributed by atoms with van der Waals surface area (Å²) in [6.45, 7) is 4.02. The van der Waals surface area contributed by atoms with Crippen LogP contribution in [0, 0.1) is 11.6 Å². The van der Waals surface area contributed by atoms with E-state index in [1.165, 1.54) is 29.1 Å². The Labute approximate surface area is 301 Å². The van der Waals surface area contributed by atoms with Crippen LogP contribution in [0.15, 0.2) is 90.0 Å². The lowest BCUT2D eigenvalue weighted by Crippen LogP contribution is -2.46. The van der Waals surface area contributed by atoms with Crippen molar-refractivity contribution in [2.75, 3.05) is 42.9 Å². The lowest BCUT2D eigenvalue weighted by atomic mass is 9.99. The molecule has 0 radical (unpaired) electrons. The van der Waals surface area contributed by atoms with Crippen LogP contribution in [0.3, 0.4) is 0 Å². The number of rotatable bonds is 7. The van der Waals surface area contributed by atoms with Gasteiger partial charge in [-0.05, 0) is 66.6 Å². The van der Waals surface area contributed by atoms with Crippen molar-refractivity contribution in [2.45, 2.75) is 13.0 Å². The molecule has 3 aromatic carbocycles. The molecular weight excluding hydrogens is 678 g/mol. The van der Waals surface area contributed by atoms with E-state index in [4.69, 9.17) is 0 Å².